The predicted molar refractivity (Wildman–Crippen MR) is 130 cm³/mol. The van der Waals surface area contributed by atoms with Crippen LogP contribution < -0.4 is 19.9 Å². The summed E-state index contributed by atoms with van der Waals surface area (Å²) in [4.78, 5) is 23.8. The molecule has 7 nitrogen and oxygen atoms in total. The van der Waals surface area contributed by atoms with Crippen LogP contribution in [-0.2, 0) is 0 Å². The average molecular weight is 438 g/mol. The van der Waals surface area contributed by atoms with Gasteiger partial charge in [-0.3, -0.25) is 4.79 Å². The molecule has 0 unspecified atom stereocenters. The Morgan fingerprint density at radius 2 is 1.78 bits per heavy atom. The highest BCUT2D eigenvalue weighted by Gasteiger charge is 2.27. The highest BCUT2D eigenvalue weighted by molar-refractivity contribution is 6.04. The van der Waals surface area contributed by atoms with Crippen LogP contribution >= 0.6 is 0 Å². The predicted octanol–water partition coefficient (Wildman–Crippen LogP) is 3.72. The molecule has 1 amide bonds. The topological polar surface area (TPSA) is 60.9 Å². The lowest BCUT2D eigenvalue weighted by Gasteiger charge is -2.38. The molecule has 0 atom stereocenters. The fraction of sp³-hybridized carbons (Fsp3) is 0.520. The van der Waals surface area contributed by atoms with Gasteiger partial charge in [0.25, 0.3) is 5.91 Å². The molecular formula is C25H35N5O2. The van der Waals surface area contributed by atoms with Crippen molar-refractivity contribution in [2.75, 3.05) is 68.5 Å². The zero-order valence-corrected chi connectivity index (χ0v) is 19.5. The second-order valence-corrected chi connectivity index (χ2v) is 8.88. The minimum atomic E-state index is -0.0204. The number of piperazine rings is 1. The van der Waals surface area contributed by atoms with Gasteiger partial charge in [0, 0.05) is 53.0 Å². The molecule has 0 bridgehead atoms. The highest BCUT2D eigenvalue weighted by atomic mass is 16.5. The lowest BCUT2D eigenvalue weighted by molar-refractivity contribution is 0.0828. The monoisotopic (exact) mass is 437 g/mol. The van der Waals surface area contributed by atoms with Crippen LogP contribution in [0, 0.1) is 5.92 Å². The number of aromatic nitrogens is 1. The minimum Gasteiger partial charge on any atom is -0.491 e. The molecule has 32 heavy (non-hydrogen) atoms. The van der Waals surface area contributed by atoms with E-state index in [0.29, 0.717) is 11.4 Å². The maximum absolute atomic E-state index is 13.0. The van der Waals surface area contributed by atoms with Crippen molar-refractivity contribution >= 4 is 23.1 Å². The molecule has 1 aliphatic carbocycles. The standard InChI is InChI=1S/C25H35N5O2/c1-4-12-26-24-23(25(31)28(2)3)21(11-13-27-24)30-16-14-29(15-17-30)20-7-5-6-8-22(20)32-18-19-9-10-19/h5-8,11,13,19H,4,9-10,12,14-18H2,1-3H3,(H,26,27). The van der Waals surface area contributed by atoms with Crippen LogP contribution in [0.2, 0.25) is 0 Å². The number of hydrogen-bond donors (Lipinski definition) is 1. The van der Waals surface area contributed by atoms with Gasteiger partial charge in [-0.1, -0.05) is 19.1 Å². The summed E-state index contributed by atoms with van der Waals surface area (Å²) in [5, 5.41) is 3.34. The van der Waals surface area contributed by atoms with Gasteiger partial charge < -0.3 is 24.8 Å². The summed E-state index contributed by atoms with van der Waals surface area (Å²) in [6.45, 7) is 7.13. The zero-order valence-electron chi connectivity index (χ0n) is 19.5. The Kier molecular flexibility index (Phi) is 7.02. The van der Waals surface area contributed by atoms with Gasteiger partial charge in [-0.05, 0) is 43.4 Å². The molecule has 1 saturated heterocycles. The highest BCUT2D eigenvalue weighted by Crippen LogP contribution is 2.34. The molecule has 2 fully saturated rings. The van der Waals surface area contributed by atoms with E-state index < -0.39 is 0 Å². The maximum atomic E-state index is 13.0. The summed E-state index contributed by atoms with van der Waals surface area (Å²) in [6, 6.07) is 10.3. The van der Waals surface area contributed by atoms with Crippen molar-refractivity contribution in [2.24, 2.45) is 5.92 Å². The Labute approximate surface area is 191 Å². The number of para-hydroxylation sites is 2. The molecule has 7 heteroatoms. The summed E-state index contributed by atoms with van der Waals surface area (Å²) in [5.41, 5.74) is 2.78. The summed E-state index contributed by atoms with van der Waals surface area (Å²) in [5.74, 6) is 2.36. The molecule has 2 aliphatic rings. The number of carbonyl (C=O) groups excluding carboxylic acids is 1. The van der Waals surface area contributed by atoms with E-state index in [2.05, 4.69) is 45.2 Å². The first-order valence-corrected chi connectivity index (χ1v) is 11.7. The summed E-state index contributed by atoms with van der Waals surface area (Å²) in [6.07, 6.45) is 5.35. The van der Waals surface area contributed by atoms with E-state index in [1.54, 1.807) is 25.2 Å². The van der Waals surface area contributed by atoms with Crippen molar-refractivity contribution in [3.63, 3.8) is 0 Å². The number of hydrogen-bond acceptors (Lipinski definition) is 6. The quantitative estimate of drug-likeness (QED) is 0.645. The zero-order chi connectivity index (χ0) is 22.5. The minimum absolute atomic E-state index is 0.0204. The summed E-state index contributed by atoms with van der Waals surface area (Å²) < 4.78 is 6.13. The van der Waals surface area contributed by atoms with Crippen molar-refractivity contribution in [3.8, 4) is 5.75 Å². The van der Waals surface area contributed by atoms with Gasteiger partial charge in [-0.15, -0.1) is 0 Å². The third-order valence-corrected chi connectivity index (χ3v) is 6.09. The van der Waals surface area contributed by atoms with Gasteiger partial charge in [0.15, 0.2) is 0 Å². The van der Waals surface area contributed by atoms with Gasteiger partial charge in [0.05, 0.1) is 18.0 Å². The largest absolute Gasteiger partial charge is 0.491 e. The van der Waals surface area contributed by atoms with E-state index >= 15 is 0 Å². The second-order valence-electron chi connectivity index (χ2n) is 8.88. The van der Waals surface area contributed by atoms with Crippen LogP contribution in [0.15, 0.2) is 36.5 Å². The second kappa shape index (κ2) is 10.1. The van der Waals surface area contributed by atoms with E-state index in [1.165, 1.54) is 12.8 Å². The molecule has 1 aromatic heterocycles. The Balaban J connectivity index is 1.50. The van der Waals surface area contributed by atoms with Gasteiger partial charge in [-0.2, -0.15) is 0 Å². The molecule has 1 aliphatic heterocycles. The number of nitrogens with zero attached hydrogens (tertiary/aromatic N) is 4. The number of nitrogens with one attached hydrogen (secondary N) is 1. The van der Waals surface area contributed by atoms with E-state index in [-0.39, 0.29) is 5.91 Å². The van der Waals surface area contributed by atoms with Crippen molar-refractivity contribution in [2.45, 2.75) is 26.2 Å². The van der Waals surface area contributed by atoms with Gasteiger partial charge in [0.1, 0.15) is 17.1 Å². The first-order valence-electron chi connectivity index (χ1n) is 11.7. The number of ether oxygens (including phenoxy) is 1. The third-order valence-electron chi connectivity index (χ3n) is 6.09. The Morgan fingerprint density at radius 3 is 2.44 bits per heavy atom. The Bertz CT molecular complexity index is 920. The fourth-order valence-corrected chi connectivity index (χ4v) is 4.05. The van der Waals surface area contributed by atoms with E-state index in [0.717, 1.165) is 68.8 Å². The Morgan fingerprint density at radius 1 is 1.09 bits per heavy atom. The first-order chi connectivity index (χ1) is 15.6. The van der Waals surface area contributed by atoms with Crippen molar-refractivity contribution < 1.29 is 9.53 Å². The van der Waals surface area contributed by atoms with Crippen molar-refractivity contribution in [1.29, 1.82) is 0 Å². The molecule has 1 N–H and O–H groups in total. The molecule has 2 aromatic rings. The molecule has 1 saturated carbocycles. The molecule has 0 radical (unpaired) electrons. The van der Waals surface area contributed by atoms with Crippen molar-refractivity contribution in [3.05, 3.63) is 42.1 Å². The van der Waals surface area contributed by atoms with E-state index in [9.17, 15) is 4.79 Å². The van der Waals surface area contributed by atoms with Gasteiger partial charge in [0.2, 0.25) is 0 Å². The lowest BCUT2D eigenvalue weighted by Crippen LogP contribution is -2.47. The SMILES string of the molecule is CCCNc1nccc(N2CCN(c3ccccc3OCC3CC3)CC2)c1C(=O)N(C)C. The number of carbonyl (C=O) groups is 1. The number of benzene rings is 1. The van der Waals surface area contributed by atoms with Crippen LogP contribution in [-0.4, -0.2) is 69.2 Å². The number of anilines is 3. The molecule has 2 heterocycles. The number of amides is 1. The number of pyridine rings is 1. The average Bonchev–Trinajstić information content (AvgIpc) is 3.65. The fourth-order valence-electron chi connectivity index (χ4n) is 4.05. The maximum Gasteiger partial charge on any atom is 0.259 e. The smallest absolute Gasteiger partial charge is 0.259 e. The van der Waals surface area contributed by atoms with Crippen LogP contribution in [0.3, 0.4) is 0 Å². The molecule has 0 spiro atoms. The third kappa shape index (κ3) is 5.09. The number of rotatable bonds is 9. The summed E-state index contributed by atoms with van der Waals surface area (Å²) >= 11 is 0. The molecule has 1 aromatic carbocycles. The van der Waals surface area contributed by atoms with Crippen LogP contribution in [0.1, 0.15) is 36.5 Å². The normalized spacial score (nSPS) is 16.1. The molecule has 4 rings (SSSR count). The summed E-state index contributed by atoms with van der Waals surface area (Å²) in [7, 11) is 3.58. The van der Waals surface area contributed by atoms with Crippen molar-refractivity contribution in [1.82, 2.24) is 9.88 Å². The van der Waals surface area contributed by atoms with Gasteiger partial charge >= 0.3 is 0 Å². The molecular weight excluding hydrogens is 402 g/mol. The van der Waals surface area contributed by atoms with Crippen LogP contribution in [0.5, 0.6) is 5.75 Å². The van der Waals surface area contributed by atoms with Gasteiger partial charge in [-0.25, -0.2) is 4.98 Å². The first kappa shape index (κ1) is 22.2. The lowest BCUT2D eigenvalue weighted by atomic mass is 10.1. The Hall–Kier alpha value is -2.96. The molecule has 172 valence electrons. The van der Waals surface area contributed by atoms with Crippen LogP contribution in [0.25, 0.3) is 0 Å². The van der Waals surface area contributed by atoms with Crippen LogP contribution in [0.4, 0.5) is 17.2 Å². The van der Waals surface area contributed by atoms with E-state index in [4.69, 9.17) is 4.74 Å². The van der Waals surface area contributed by atoms with E-state index in [1.807, 2.05) is 12.1 Å².